The second-order valence-corrected chi connectivity index (χ2v) is 6.65. The number of amides is 1. The third-order valence-corrected chi connectivity index (χ3v) is 3.53. The molecule has 2 aromatic carbocycles. The van der Waals surface area contributed by atoms with Gasteiger partial charge in [0.2, 0.25) is 0 Å². The van der Waals surface area contributed by atoms with Gasteiger partial charge >= 0.3 is 0 Å². The maximum atomic E-state index is 11.7. The Morgan fingerprint density at radius 3 is 2.40 bits per heavy atom. The first kappa shape index (κ1) is 18.5. The van der Waals surface area contributed by atoms with Crippen molar-refractivity contribution in [2.75, 3.05) is 6.61 Å². The average Bonchev–Trinajstić information content (AvgIpc) is 2.60. The van der Waals surface area contributed by atoms with Crippen LogP contribution in [0.4, 0.5) is 0 Å². The molecule has 0 aliphatic rings. The maximum absolute atomic E-state index is 11.7. The molecule has 0 bridgehead atoms. The zero-order chi connectivity index (χ0) is 18.1. The molecular formula is C21H24N2O2. The highest BCUT2D eigenvalue weighted by atomic mass is 16.5. The molecule has 0 saturated carbocycles. The lowest BCUT2D eigenvalue weighted by atomic mass is 9.87. The number of benzene rings is 2. The summed E-state index contributed by atoms with van der Waals surface area (Å²) in [6.07, 6.45) is 5.20. The summed E-state index contributed by atoms with van der Waals surface area (Å²) in [4.78, 5) is 11.7. The maximum Gasteiger partial charge on any atom is 0.277 e. The number of nitrogens with zero attached hydrogens (tertiary/aromatic N) is 1. The zero-order valence-corrected chi connectivity index (χ0v) is 14.9. The van der Waals surface area contributed by atoms with Gasteiger partial charge in [-0.1, -0.05) is 69.3 Å². The van der Waals surface area contributed by atoms with Gasteiger partial charge in [0.25, 0.3) is 5.91 Å². The van der Waals surface area contributed by atoms with Gasteiger partial charge in [-0.05, 0) is 34.8 Å². The molecule has 1 N–H and O–H groups in total. The van der Waals surface area contributed by atoms with Gasteiger partial charge in [-0.25, -0.2) is 5.43 Å². The van der Waals surface area contributed by atoms with Crippen molar-refractivity contribution in [3.63, 3.8) is 0 Å². The summed E-state index contributed by atoms with van der Waals surface area (Å²) in [5.41, 5.74) is 4.82. The number of allylic oxidation sites excluding steroid dienone is 1. The number of carbonyl (C=O) groups excluding carboxylic acids is 1. The summed E-state index contributed by atoms with van der Waals surface area (Å²) in [6.45, 7) is 6.39. The minimum Gasteiger partial charge on any atom is -0.484 e. The smallest absolute Gasteiger partial charge is 0.277 e. The molecule has 4 nitrogen and oxygen atoms in total. The molecule has 0 aromatic heterocycles. The topological polar surface area (TPSA) is 50.7 Å². The predicted octanol–water partition coefficient (Wildman–Crippen LogP) is 4.18. The lowest BCUT2D eigenvalue weighted by molar-refractivity contribution is -0.123. The first-order valence-corrected chi connectivity index (χ1v) is 8.22. The van der Waals surface area contributed by atoms with E-state index in [-0.39, 0.29) is 17.9 Å². The minimum atomic E-state index is -0.302. The number of carbonyl (C=O) groups is 1. The van der Waals surface area contributed by atoms with Gasteiger partial charge in [0.1, 0.15) is 5.75 Å². The highest BCUT2D eigenvalue weighted by Gasteiger charge is 2.13. The number of nitrogens with one attached hydrogen (secondary N) is 1. The summed E-state index contributed by atoms with van der Waals surface area (Å²) in [6, 6.07) is 17.6. The third kappa shape index (κ3) is 6.63. The normalized spacial score (nSPS) is 11.8. The van der Waals surface area contributed by atoms with Crippen LogP contribution in [0.15, 0.2) is 65.8 Å². The lowest BCUT2D eigenvalue weighted by Gasteiger charge is -2.19. The molecule has 0 atom stereocenters. The standard InChI is InChI=1S/C21H24N2O2/c1-21(2,3)18-11-13-19(14-12-18)25-16-20(24)23-22-15-7-10-17-8-5-4-6-9-17/h4-15H,16H2,1-3H3,(H,23,24)/b10-7+,22-15+. The van der Waals surface area contributed by atoms with E-state index in [1.807, 2.05) is 60.7 Å². The number of ether oxygens (including phenoxy) is 1. The Morgan fingerprint density at radius 1 is 1.08 bits per heavy atom. The Bertz CT molecular complexity index is 727. The van der Waals surface area contributed by atoms with Crippen LogP contribution in [0.3, 0.4) is 0 Å². The van der Waals surface area contributed by atoms with Gasteiger partial charge in [-0.15, -0.1) is 0 Å². The van der Waals surface area contributed by atoms with E-state index in [2.05, 4.69) is 31.3 Å². The van der Waals surface area contributed by atoms with Crippen molar-refractivity contribution in [2.45, 2.75) is 26.2 Å². The molecule has 4 heteroatoms. The van der Waals surface area contributed by atoms with Crippen molar-refractivity contribution in [3.8, 4) is 5.75 Å². The highest BCUT2D eigenvalue weighted by Crippen LogP contribution is 2.24. The summed E-state index contributed by atoms with van der Waals surface area (Å²) >= 11 is 0. The quantitative estimate of drug-likeness (QED) is 0.635. The van der Waals surface area contributed by atoms with Gasteiger partial charge in [0, 0.05) is 6.21 Å². The number of hydrazone groups is 1. The van der Waals surface area contributed by atoms with Crippen LogP contribution in [0, 0.1) is 0 Å². The molecular weight excluding hydrogens is 312 g/mol. The Kier molecular flexibility index (Phi) is 6.52. The number of hydrogen-bond acceptors (Lipinski definition) is 3. The van der Waals surface area contributed by atoms with E-state index in [4.69, 9.17) is 4.74 Å². The Hall–Kier alpha value is -2.88. The van der Waals surface area contributed by atoms with Crippen LogP contribution in [0.2, 0.25) is 0 Å². The van der Waals surface area contributed by atoms with Crippen molar-refractivity contribution in [1.82, 2.24) is 5.43 Å². The molecule has 1 amide bonds. The fraction of sp³-hybridized carbons (Fsp3) is 0.238. The molecule has 0 saturated heterocycles. The van der Waals surface area contributed by atoms with E-state index >= 15 is 0 Å². The van der Waals surface area contributed by atoms with Crippen LogP contribution in [-0.2, 0) is 10.2 Å². The third-order valence-electron chi connectivity index (χ3n) is 3.53. The van der Waals surface area contributed by atoms with E-state index < -0.39 is 0 Å². The molecule has 2 aromatic rings. The van der Waals surface area contributed by atoms with Crippen LogP contribution < -0.4 is 10.2 Å². The molecule has 0 heterocycles. The predicted molar refractivity (Wildman–Crippen MR) is 103 cm³/mol. The molecule has 0 radical (unpaired) electrons. The van der Waals surface area contributed by atoms with Gasteiger partial charge in [-0.3, -0.25) is 4.79 Å². The molecule has 2 rings (SSSR count). The Labute approximate surface area is 149 Å². The molecule has 0 spiro atoms. The summed E-state index contributed by atoms with van der Waals surface area (Å²) in [7, 11) is 0. The largest absolute Gasteiger partial charge is 0.484 e. The lowest BCUT2D eigenvalue weighted by Crippen LogP contribution is -2.24. The minimum absolute atomic E-state index is 0.0748. The van der Waals surface area contributed by atoms with Gasteiger partial charge in [-0.2, -0.15) is 5.10 Å². The van der Waals surface area contributed by atoms with E-state index in [9.17, 15) is 4.79 Å². The highest BCUT2D eigenvalue weighted by molar-refractivity contribution is 5.81. The van der Waals surface area contributed by atoms with Crippen molar-refractivity contribution in [1.29, 1.82) is 0 Å². The van der Waals surface area contributed by atoms with Crippen LogP contribution >= 0.6 is 0 Å². The van der Waals surface area contributed by atoms with Crippen LogP contribution in [0.5, 0.6) is 5.75 Å². The molecule has 0 fully saturated rings. The van der Waals surface area contributed by atoms with E-state index in [1.54, 1.807) is 6.08 Å². The fourth-order valence-corrected chi connectivity index (χ4v) is 2.10. The second-order valence-electron chi connectivity index (χ2n) is 6.65. The summed E-state index contributed by atoms with van der Waals surface area (Å²) in [5, 5.41) is 3.85. The monoisotopic (exact) mass is 336 g/mol. The summed E-state index contributed by atoms with van der Waals surface area (Å²) < 4.78 is 5.46. The zero-order valence-electron chi connectivity index (χ0n) is 14.9. The Balaban J connectivity index is 1.73. The van der Waals surface area contributed by atoms with Gasteiger partial charge in [0.15, 0.2) is 6.61 Å². The number of rotatable bonds is 6. The van der Waals surface area contributed by atoms with Crippen molar-refractivity contribution in [3.05, 3.63) is 71.8 Å². The summed E-state index contributed by atoms with van der Waals surface area (Å²) in [5.74, 6) is 0.361. The van der Waals surface area contributed by atoms with Crippen molar-refractivity contribution < 1.29 is 9.53 Å². The van der Waals surface area contributed by atoms with E-state index in [0.29, 0.717) is 5.75 Å². The second kappa shape index (κ2) is 8.83. The van der Waals surface area contributed by atoms with E-state index in [1.165, 1.54) is 11.8 Å². The SMILES string of the molecule is CC(C)(C)c1ccc(OCC(=O)N/N=C/C=C/c2ccccc2)cc1. The van der Waals surface area contributed by atoms with Gasteiger partial charge < -0.3 is 4.74 Å². The molecule has 25 heavy (non-hydrogen) atoms. The Morgan fingerprint density at radius 2 is 1.76 bits per heavy atom. The van der Waals surface area contributed by atoms with Gasteiger partial charge in [0.05, 0.1) is 0 Å². The van der Waals surface area contributed by atoms with Crippen molar-refractivity contribution >= 4 is 18.2 Å². The first-order chi connectivity index (χ1) is 11.9. The molecule has 130 valence electrons. The van der Waals surface area contributed by atoms with Crippen molar-refractivity contribution in [2.24, 2.45) is 5.10 Å². The number of hydrogen-bond donors (Lipinski definition) is 1. The first-order valence-electron chi connectivity index (χ1n) is 8.22. The van der Waals surface area contributed by atoms with E-state index in [0.717, 1.165) is 5.56 Å². The van der Waals surface area contributed by atoms with Crippen LogP contribution in [0.1, 0.15) is 31.9 Å². The van der Waals surface area contributed by atoms with Crippen LogP contribution in [0.25, 0.3) is 6.08 Å². The molecule has 0 unspecified atom stereocenters. The van der Waals surface area contributed by atoms with Crippen LogP contribution in [-0.4, -0.2) is 18.7 Å². The fourth-order valence-electron chi connectivity index (χ4n) is 2.10. The molecule has 0 aliphatic carbocycles. The molecule has 0 aliphatic heterocycles. The average molecular weight is 336 g/mol.